The number of halogens is 2. The van der Waals surface area contributed by atoms with Crippen LogP contribution in [0.15, 0.2) is 65.5 Å². The molecular formula is C20H17ClFN3O2. The molecule has 0 saturated heterocycles. The lowest BCUT2D eigenvalue weighted by Gasteiger charge is -2.18. The van der Waals surface area contributed by atoms with Crippen molar-refractivity contribution in [3.05, 3.63) is 98.7 Å². The van der Waals surface area contributed by atoms with Crippen LogP contribution >= 0.6 is 11.6 Å². The highest BCUT2D eigenvalue weighted by Gasteiger charge is 2.18. The molecule has 1 amide bonds. The van der Waals surface area contributed by atoms with Crippen molar-refractivity contribution in [1.29, 1.82) is 0 Å². The smallest absolute Gasteiger partial charge is 0.274 e. The summed E-state index contributed by atoms with van der Waals surface area (Å²) in [4.78, 5) is 26.0. The van der Waals surface area contributed by atoms with Gasteiger partial charge in [0.15, 0.2) is 0 Å². The minimum absolute atomic E-state index is 0.0101. The van der Waals surface area contributed by atoms with Crippen LogP contribution in [0.2, 0.25) is 5.02 Å². The zero-order chi connectivity index (χ0) is 19.4. The van der Waals surface area contributed by atoms with Crippen LogP contribution in [-0.4, -0.2) is 27.6 Å². The summed E-state index contributed by atoms with van der Waals surface area (Å²) in [5.74, 6) is -0.916. The zero-order valence-electron chi connectivity index (χ0n) is 14.6. The van der Waals surface area contributed by atoms with E-state index in [9.17, 15) is 14.0 Å². The van der Waals surface area contributed by atoms with E-state index >= 15 is 0 Å². The summed E-state index contributed by atoms with van der Waals surface area (Å²) < 4.78 is 15.2. The van der Waals surface area contributed by atoms with Gasteiger partial charge < -0.3 is 4.90 Å². The third-order valence-electron chi connectivity index (χ3n) is 4.06. The molecule has 0 aliphatic heterocycles. The number of amides is 1. The molecule has 27 heavy (non-hydrogen) atoms. The number of carbonyl (C=O) groups is 1. The molecule has 138 valence electrons. The Hall–Kier alpha value is -2.99. The molecule has 0 aliphatic carbocycles. The van der Waals surface area contributed by atoms with Crippen molar-refractivity contribution in [2.24, 2.45) is 0 Å². The Balaban J connectivity index is 1.82. The van der Waals surface area contributed by atoms with E-state index in [-0.39, 0.29) is 34.9 Å². The van der Waals surface area contributed by atoms with E-state index in [1.807, 2.05) is 30.3 Å². The fraction of sp³-hybridized carbons (Fsp3) is 0.150. The fourth-order valence-electron chi connectivity index (χ4n) is 2.62. The first-order valence-electron chi connectivity index (χ1n) is 8.26. The molecule has 7 heteroatoms. The third-order valence-corrected chi connectivity index (χ3v) is 4.42. The second-order valence-corrected chi connectivity index (χ2v) is 6.47. The minimum Gasteiger partial charge on any atom is -0.336 e. The van der Waals surface area contributed by atoms with E-state index in [0.717, 1.165) is 5.56 Å². The second kappa shape index (κ2) is 8.14. The van der Waals surface area contributed by atoms with Crippen LogP contribution in [-0.2, 0) is 13.1 Å². The monoisotopic (exact) mass is 385 g/mol. The molecule has 1 heterocycles. The molecule has 0 saturated carbocycles. The minimum atomic E-state index is -0.482. The molecule has 2 aromatic carbocycles. The van der Waals surface area contributed by atoms with Crippen molar-refractivity contribution in [1.82, 2.24) is 14.7 Å². The quantitative estimate of drug-likeness (QED) is 0.676. The third kappa shape index (κ3) is 4.41. The van der Waals surface area contributed by atoms with Gasteiger partial charge in [-0.2, -0.15) is 5.10 Å². The summed E-state index contributed by atoms with van der Waals surface area (Å²) in [5, 5.41) is 4.41. The van der Waals surface area contributed by atoms with E-state index < -0.39 is 11.7 Å². The van der Waals surface area contributed by atoms with Gasteiger partial charge in [-0.25, -0.2) is 9.07 Å². The number of hydrogen-bond acceptors (Lipinski definition) is 3. The molecule has 3 aromatic rings. The Labute approximate surface area is 160 Å². The van der Waals surface area contributed by atoms with Crippen LogP contribution in [0.1, 0.15) is 21.6 Å². The maximum absolute atomic E-state index is 14.0. The molecule has 0 atom stereocenters. The van der Waals surface area contributed by atoms with E-state index in [4.69, 9.17) is 11.6 Å². The second-order valence-electron chi connectivity index (χ2n) is 6.06. The predicted molar refractivity (Wildman–Crippen MR) is 101 cm³/mol. The lowest BCUT2D eigenvalue weighted by molar-refractivity contribution is 0.0775. The molecule has 0 radical (unpaired) electrons. The van der Waals surface area contributed by atoms with Gasteiger partial charge >= 0.3 is 0 Å². The maximum atomic E-state index is 14.0. The Bertz CT molecular complexity index is 1000. The van der Waals surface area contributed by atoms with Crippen molar-refractivity contribution >= 4 is 17.5 Å². The van der Waals surface area contributed by atoms with Crippen LogP contribution < -0.4 is 5.56 Å². The van der Waals surface area contributed by atoms with Gasteiger partial charge in [-0.3, -0.25) is 9.59 Å². The lowest BCUT2D eigenvalue weighted by atomic mass is 10.2. The van der Waals surface area contributed by atoms with E-state index in [2.05, 4.69) is 5.10 Å². The van der Waals surface area contributed by atoms with Crippen LogP contribution in [0.4, 0.5) is 4.39 Å². The number of rotatable bonds is 5. The van der Waals surface area contributed by atoms with Crippen molar-refractivity contribution in [2.45, 2.75) is 13.1 Å². The van der Waals surface area contributed by atoms with Crippen molar-refractivity contribution in [3.8, 4) is 0 Å². The molecule has 0 fully saturated rings. The SMILES string of the molecule is CN(Cc1c(F)cccc1Cl)C(=O)c1ccc(=O)n(Cc2ccccc2)n1. The number of nitrogens with zero attached hydrogens (tertiary/aromatic N) is 3. The summed E-state index contributed by atoms with van der Waals surface area (Å²) in [6.45, 7) is 0.244. The first kappa shape index (κ1) is 18.8. The number of benzene rings is 2. The van der Waals surface area contributed by atoms with Gasteiger partial charge in [0.1, 0.15) is 11.5 Å². The summed E-state index contributed by atoms with van der Waals surface area (Å²) >= 11 is 6.02. The van der Waals surface area contributed by atoms with Gasteiger partial charge in [-0.1, -0.05) is 48.0 Å². The average molecular weight is 386 g/mol. The first-order valence-corrected chi connectivity index (χ1v) is 8.64. The number of carbonyl (C=O) groups excluding carboxylic acids is 1. The molecule has 5 nitrogen and oxygen atoms in total. The fourth-order valence-corrected chi connectivity index (χ4v) is 2.84. The molecule has 1 aromatic heterocycles. The van der Waals surface area contributed by atoms with Gasteiger partial charge in [0.2, 0.25) is 0 Å². The lowest BCUT2D eigenvalue weighted by Crippen LogP contribution is -2.31. The van der Waals surface area contributed by atoms with Crippen molar-refractivity contribution in [2.75, 3.05) is 7.05 Å². The predicted octanol–water partition coefficient (Wildman–Crippen LogP) is 3.36. The molecule has 0 spiro atoms. The van der Waals surface area contributed by atoms with Gasteiger partial charge in [0, 0.05) is 23.7 Å². The molecule has 0 bridgehead atoms. The van der Waals surface area contributed by atoms with Gasteiger partial charge in [0.25, 0.3) is 11.5 Å². The zero-order valence-corrected chi connectivity index (χ0v) is 15.4. The van der Waals surface area contributed by atoms with Crippen molar-refractivity contribution < 1.29 is 9.18 Å². The maximum Gasteiger partial charge on any atom is 0.274 e. The van der Waals surface area contributed by atoms with Gasteiger partial charge in [-0.15, -0.1) is 0 Å². The number of aromatic nitrogens is 2. The number of hydrogen-bond donors (Lipinski definition) is 0. The summed E-state index contributed by atoms with van der Waals surface area (Å²) in [5.41, 5.74) is 0.909. The largest absolute Gasteiger partial charge is 0.336 e. The highest BCUT2D eigenvalue weighted by Crippen LogP contribution is 2.20. The Kier molecular flexibility index (Phi) is 5.66. The van der Waals surface area contributed by atoms with E-state index in [1.54, 1.807) is 6.07 Å². The average Bonchev–Trinajstić information content (AvgIpc) is 2.66. The Morgan fingerprint density at radius 3 is 2.56 bits per heavy atom. The topological polar surface area (TPSA) is 55.2 Å². The molecule has 0 N–H and O–H groups in total. The van der Waals surface area contributed by atoms with Crippen LogP contribution in [0.5, 0.6) is 0 Å². The molecule has 0 unspecified atom stereocenters. The molecular weight excluding hydrogens is 369 g/mol. The highest BCUT2D eigenvalue weighted by molar-refractivity contribution is 6.31. The van der Waals surface area contributed by atoms with Crippen LogP contribution in [0.25, 0.3) is 0 Å². The van der Waals surface area contributed by atoms with Crippen LogP contribution in [0.3, 0.4) is 0 Å². The summed E-state index contributed by atoms with van der Waals surface area (Å²) in [6.07, 6.45) is 0. The standard InChI is InChI=1S/C20H17ClFN3O2/c1-24(13-15-16(21)8-5-9-17(15)22)20(27)18-10-11-19(26)25(23-18)12-14-6-3-2-4-7-14/h2-11H,12-13H2,1H3. The Morgan fingerprint density at radius 1 is 1.11 bits per heavy atom. The van der Waals surface area contributed by atoms with Crippen molar-refractivity contribution in [3.63, 3.8) is 0 Å². The summed E-state index contributed by atoms with van der Waals surface area (Å²) in [6, 6.07) is 16.4. The van der Waals surface area contributed by atoms with Gasteiger partial charge in [-0.05, 0) is 23.8 Å². The van der Waals surface area contributed by atoms with Crippen LogP contribution in [0, 0.1) is 5.82 Å². The van der Waals surface area contributed by atoms with E-state index in [0.29, 0.717) is 0 Å². The molecule has 3 rings (SSSR count). The van der Waals surface area contributed by atoms with Gasteiger partial charge in [0.05, 0.1) is 13.1 Å². The molecule has 0 aliphatic rings. The Morgan fingerprint density at radius 2 is 1.85 bits per heavy atom. The van der Waals surface area contributed by atoms with E-state index in [1.165, 1.54) is 40.9 Å². The first-order chi connectivity index (χ1) is 13.0. The normalized spacial score (nSPS) is 10.6. The highest BCUT2D eigenvalue weighted by atomic mass is 35.5. The summed E-state index contributed by atoms with van der Waals surface area (Å²) in [7, 11) is 1.53.